The largest absolute Gasteiger partial charge is 1.00 e. The first-order valence-corrected chi connectivity index (χ1v) is 38.9. The van der Waals surface area contributed by atoms with Gasteiger partial charge in [0.25, 0.3) is 0 Å². The minimum atomic E-state index is -6.66. The minimum Gasteiger partial charge on any atom is -0.735 e. The Hall–Kier alpha value is 8.10. The van der Waals surface area contributed by atoms with Crippen LogP contribution in [0.4, 0.5) is 0 Å². The molecule has 0 unspecified atom stereocenters. The summed E-state index contributed by atoms with van der Waals surface area (Å²) in [6, 6.07) is -9.22. The number of rotatable bonds is 38. The van der Waals surface area contributed by atoms with Gasteiger partial charge in [-0.2, -0.15) is 0 Å². The van der Waals surface area contributed by atoms with Gasteiger partial charge in [-0.15, -0.1) is 0 Å². The molecular formula is C36H47N3Na12O57S9. The minimum absolute atomic E-state index is 0. The smallest absolute Gasteiger partial charge is 0.735 e. The Morgan fingerprint density at radius 3 is 1.07 bits per heavy atom. The van der Waals surface area contributed by atoms with Crippen molar-refractivity contribution in [3.8, 4) is 0 Å². The Balaban J connectivity index is -0.00000165. The molecule has 5 aliphatic heterocycles. The Bertz CT molecular complexity index is 4220. The van der Waals surface area contributed by atoms with Crippen molar-refractivity contribution in [2.24, 2.45) is 0 Å². The van der Waals surface area contributed by atoms with Gasteiger partial charge in [-0.25, -0.2) is 89.9 Å². The zero-order valence-corrected chi connectivity index (χ0v) is 93.1. The number of hydrogen-bond acceptors (Lipinski definition) is 57. The van der Waals surface area contributed by atoms with E-state index in [0.717, 1.165) is 14.2 Å². The van der Waals surface area contributed by atoms with Crippen molar-refractivity contribution in [3.05, 3.63) is 11.8 Å². The van der Waals surface area contributed by atoms with E-state index in [1.165, 1.54) is 0 Å². The third-order valence-electron chi connectivity index (χ3n) is 13.7. The molecule has 5 heterocycles. The van der Waals surface area contributed by atoms with Gasteiger partial charge in [0.1, 0.15) is 121 Å². The van der Waals surface area contributed by atoms with E-state index in [0.29, 0.717) is 0 Å². The topological polar surface area (TPSA) is 981 Å². The van der Waals surface area contributed by atoms with Crippen molar-refractivity contribution in [2.75, 3.05) is 26.4 Å². The molecule has 0 aromatic carbocycles. The summed E-state index contributed by atoms with van der Waals surface area (Å²) in [5.74, 6) is -9.83. The fraction of sp³-hybridized carbons (Fsp3) is 0.861. The van der Waals surface area contributed by atoms with Gasteiger partial charge < -0.3 is 159 Å². The van der Waals surface area contributed by atoms with Gasteiger partial charge in [0.05, 0.1) is 44.4 Å². The van der Waals surface area contributed by atoms with Crippen LogP contribution in [0.15, 0.2) is 11.8 Å². The maximum absolute atomic E-state index is 13.0. The third-order valence-corrected chi connectivity index (χ3v) is 18.0. The van der Waals surface area contributed by atoms with Crippen molar-refractivity contribution >= 4 is 111 Å². The van der Waals surface area contributed by atoms with Crippen LogP contribution in [-0.2, 0) is 180 Å². The number of carboxylic acids is 3. The first-order valence-electron chi connectivity index (χ1n) is 26.7. The number of nitrogens with one attached hydrogen (secondary N) is 3. The molecule has 5 rings (SSSR count). The molecule has 60 nitrogen and oxygen atoms in total. The van der Waals surface area contributed by atoms with E-state index in [4.69, 9.17) is 47.4 Å². The van der Waals surface area contributed by atoms with Crippen LogP contribution in [0.3, 0.4) is 0 Å². The van der Waals surface area contributed by atoms with Gasteiger partial charge in [0, 0.05) is 0 Å². The summed E-state index contributed by atoms with van der Waals surface area (Å²) in [7, 11) is -56.3. The number of hydrogen-bond donors (Lipinski definition) is 11. The summed E-state index contributed by atoms with van der Waals surface area (Å²) in [5, 5.41) is 126. The third kappa shape index (κ3) is 47.1. The Morgan fingerprint density at radius 1 is 0.419 bits per heavy atom. The molecule has 0 aromatic heterocycles. The molecular weight excluding hydrogens is 1950 g/mol. The van der Waals surface area contributed by atoms with Crippen LogP contribution in [0.1, 0.15) is 0 Å². The first-order chi connectivity index (χ1) is 47.5. The number of carboxylic acid groups (broad SMARTS) is 3. The fourth-order valence-corrected chi connectivity index (χ4v) is 13.8. The van der Waals surface area contributed by atoms with Gasteiger partial charge in [0.15, 0.2) is 74.4 Å². The van der Waals surface area contributed by atoms with Gasteiger partial charge >= 0.3 is 355 Å². The van der Waals surface area contributed by atoms with E-state index in [1.807, 2.05) is 0 Å². The summed E-state index contributed by atoms with van der Waals surface area (Å²) in [6.45, 7) is -7.97. The standard InChI is InChI=1S/C36H59N3O57S9.12Na/c40-2-6(37-97(54,55)56)14(43)19(8(42)3-81-100(63,64)65)87-35-25(95-104(75,76)77)17(46)23(27(92-35)30(50)51)90-33-13(39-99(60,61)62)16(45)22(11(86-33)5-83-102(69,70)71)89-36-26(96-105(78,79)80)18(47)24(28(93-36)31(52)53)91-32-12(38-98(57,58)59)15(44)21(10(85-32)4-82-101(66,67)68)88-34-20(94-103(72,73)74)7(41)1-9(84-34)29(48)49;;;;;;;;;;;;/h1,6-8,10-28,32-47H,2-5H2,(H,48,49)(H,50,51)(H,52,53)(H,54,55,56)(H,57,58,59)(H,60,61,62)(H,63,64,65)(H,66,67,68)(H,69,70,71)(H,72,73,74)(H,75,76,77)(H,78,79,80);;;;;;;;;;;;/q;12*+1/p-12/t6-,7-,8+,10+,11+,12+,13+,14+,15+,16+,17-,18-,19+,20+,21+,22+,23-,24-,25+,26+,27-,28-,32+,33+,34-,35+,36+;;;;;;;;;;;;/m0............/s1. The number of ether oxygens (including phenoxy) is 10. The summed E-state index contributed by atoms with van der Waals surface area (Å²) in [6.07, 6.45) is -78.2. The predicted octanol–water partition coefficient (Wildman–Crippen LogP) is -58.9. The van der Waals surface area contributed by atoms with E-state index in [9.17, 15) is 187 Å². The van der Waals surface area contributed by atoms with Crippen LogP contribution >= 0.6 is 0 Å². The van der Waals surface area contributed by atoms with Crippen LogP contribution < -0.4 is 384 Å². The molecule has 81 heteroatoms. The average molecular weight is 2000 g/mol. The number of aliphatic carboxylic acids is 3. The Morgan fingerprint density at radius 2 is 0.752 bits per heavy atom. The van der Waals surface area contributed by atoms with Gasteiger partial charge in [-0.3, -0.25) is 25.1 Å². The van der Waals surface area contributed by atoms with Crippen LogP contribution in [0.25, 0.3) is 0 Å². The van der Waals surface area contributed by atoms with Crippen LogP contribution in [0.2, 0.25) is 0 Å². The van der Waals surface area contributed by atoms with E-state index in [2.05, 4.69) is 25.1 Å². The molecule has 0 aliphatic carbocycles. The molecule has 0 aromatic rings. The first kappa shape index (κ1) is 141. The van der Waals surface area contributed by atoms with E-state index in [1.54, 1.807) is 0 Å². The zero-order valence-electron chi connectivity index (χ0n) is 61.8. The quantitative estimate of drug-likeness (QED) is 0.0155. The molecule has 4 fully saturated rings. The van der Waals surface area contributed by atoms with Crippen molar-refractivity contribution in [2.45, 2.75) is 166 Å². The van der Waals surface area contributed by atoms with E-state index < -0.39 is 309 Å². The predicted molar refractivity (Wildman–Crippen MR) is 277 cm³/mol. The van der Waals surface area contributed by atoms with Gasteiger partial charge in [0.2, 0.25) is 68.7 Å². The van der Waals surface area contributed by atoms with E-state index in [-0.39, 0.29) is 361 Å². The summed E-state index contributed by atoms with van der Waals surface area (Å²) < 4.78 is 399. The van der Waals surface area contributed by atoms with Crippen LogP contribution in [0, 0.1) is 0 Å². The van der Waals surface area contributed by atoms with Crippen molar-refractivity contribution in [3.63, 3.8) is 0 Å². The molecule has 0 spiro atoms. The zero-order chi connectivity index (χ0) is 80.4. The van der Waals surface area contributed by atoms with Gasteiger partial charge in [-0.05, 0) is 6.08 Å². The molecule has 614 valence electrons. The molecule has 4 saturated heterocycles. The molecule has 0 saturated carbocycles. The monoisotopic (exact) mass is 2000 g/mol. The summed E-state index contributed by atoms with van der Waals surface area (Å²) in [4.78, 5) is 37.5. The molecule has 0 radical (unpaired) electrons. The normalized spacial score (nSPS) is 31.3. The second-order valence-electron chi connectivity index (χ2n) is 20.9. The molecule has 5 aliphatic rings. The number of aliphatic hydroxyl groups excluding tert-OH is 8. The van der Waals surface area contributed by atoms with Crippen molar-refractivity contribution < 1.29 is 614 Å². The van der Waals surface area contributed by atoms with Gasteiger partial charge in [-0.1, -0.05) is 0 Å². The van der Waals surface area contributed by atoms with E-state index >= 15 is 0 Å². The summed E-state index contributed by atoms with van der Waals surface area (Å²) >= 11 is 0. The second-order valence-corrected chi connectivity index (χ2v) is 30.6. The van der Waals surface area contributed by atoms with Crippen LogP contribution in [0.5, 0.6) is 0 Å². The molecule has 0 amide bonds. The van der Waals surface area contributed by atoms with Crippen LogP contribution in [-0.4, -0.2) is 367 Å². The average Bonchev–Trinajstić information content (AvgIpc) is 0.758. The molecule has 0 bridgehead atoms. The molecule has 117 heavy (non-hydrogen) atoms. The van der Waals surface area contributed by atoms with Crippen molar-refractivity contribution in [1.29, 1.82) is 0 Å². The molecule has 11 N–H and O–H groups in total. The SMILES string of the molecule is O=C([O-])C1=C[C@H](O)[C@@H](OS(=O)(=O)[O-])[C@H](O[C@H]2[C@H](O)[C@@H](NS(=O)(=O)[O-])[C@@H](O[C@H]3[C@H](O)[C@@H](OS(=O)(=O)[O-])[C@H](O[C@H]4[C@H](O)[C@@H](NS(=O)(=O)[O-])[C@@H](O[C@H]5[C@H](O)[C@@H](OS(=O)(=O)[O-])[C@H](O[C@@H]([C@H](O)[C@H](CO)NS(=O)(=O)[O-])[C@H](O)COS(=O)(=O)[O-])O[C@@H]5C(=O)[O-])O[C@@H]4COS(=O)(=O)[O-])O[C@@H]3C(=O)[O-])O[C@@H]2COS(=O)(=O)[O-])O1.[Na+].[Na+].[Na+].[Na+].[Na+].[Na+].[Na+].[Na+].[Na+].[Na+].[Na+].[Na+]. The Labute approximate surface area is 927 Å². The maximum atomic E-state index is 13.0. The number of carbonyl (C=O) groups is 3. The maximum Gasteiger partial charge on any atom is 1.00 e. The molecule has 27 atom stereocenters. The van der Waals surface area contributed by atoms with Crippen molar-refractivity contribution in [1.82, 2.24) is 14.2 Å². The fourth-order valence-electron chi connectivity index (χ4n) is 9.75. The Kier molecular flexibility index (Phi) is 70.4. The number of carbonyl (C=O) groups excluding carboxylic acids is 3. The number of aliphatic hydroxyl groups is 8. The second kappa shape index (κ2) is 58.6. The summed E-state index contributed by atoms with van der Waals surface area (Å²) in [5.41, 5.74) is 0.